The van der Waals surface area contributed by atoms with Crippen molar-refractivity contribution in [3.05, 3.63) is 110 Å². The number of hydrogen-bond donors (Lipinski definition) is 1. The molecule has 0 radical (unpaired) electrons. The van der Waals surface area contributed by atoms with Gasteiger partial charge in [-0.1, -0.05) is 36.4 Å². The van der Waals surface area contributed by atoms with Crippen LogP contribution in [0.2, 0.25) is 0 Å². The Kier molecular flexibility index (Phi) is 7.32. The molecule has 3 aromatic carbocycles. The molecule has 190 valence electrons. The van der Waals surface area contributed by atoms with E-state index in [1.165, 1.54) is 0 Å². The van der Waals surface area contributed by atoms with E-state index in [-0.39, 0.29) is 12.5 Å². The summed E-state index contributed by atoms with van der Waals surface area (Å²) in [4.78, 5) is 39.6. The third-order valence-corrected chi connectivity index (χ3v) is 7.24. The van der Waals surface area contributed by atoms with Gasteiger partial charge in [-0.3, -0.25) is 4.79 Å². The highest BCUT2D eigenvalue weighted by molar-refractivity contribution is 7.99. The summed E-state index contributed by atoms with van der Waals surface area (Å²) in [6.07, 6.45) is 0. The first-order valence-electron chi connectivity index (χ1n) is 12.1. The molecule has 1 saturated heterocycles. The number of nitrogens with zero attached hydrogens (tertiary/aromatic N) is 2. The number of aromatic nitrogens is 2. The van der Waals surface area contributed by atoms with Crippen LogP contribution in [0.15, 0.2) is 80.8 Å². The van der Waals surface area contributed by atoms with E-state index in [0.717, 1.165) is 62.7 Å². The Morgan fingerprint density at radius 2 is 1.78 bits per heavy atom. The van der Waals surface area contributed by atoms with Crippen LogP contribution in [0, 0.1) is 6.92 Å². The second-order valence-corrected chi connectivity index (χ2v) is 10.1. The number of amides is 1. The number of rotatable bonds is 7. The number of nitrogens with one attached hydrogen (secondary N) is 1. The molecule has 5 rings (SSSR count). The minimum atomic E-state index is -0.775. The average molecular weight is 518 g/mol. The predicted octanol–water partition coefficient (Wildman–Crippen LogP) is 3.92. The molecule has 0 unspecified atom stereocenters. The molecule has 1 aliphatic heterocycles. The Morgan fingerprint density at radius 1 is 1.00 bits per heavy atom. The number of benzene rings is 3. The van der Waals surface area contributed by atoms with Crippen LogP contribution in [-0.4, -0.2) is 45.1 Å². The number of ether oxygens (including phenoxy) is 1. The molecule has 9 heteroatoms. The van der Waals surface area contributed by atoms with Crippen LogP contribution in [0.5, 0.6) is 5.75 Å². The third-order valence-electron chi connectivity index (χ3n) is 6.29. The summed E-state index contributed by atoms with van der Waals surface area (Å²) in [5.41, 5.74) is 5.19. The number of hydrogen-bond acceptors (Lipinski definition) is 6. The summed E-state index contributed by atoms with van der Waals surface area (Å²) < 4.78 is 11.7. The Morgan fingerprint density at radius 3 is 2.49 bits per heavy atom. The summed E-state index contributed by atoms with van der Waals surface area (Å²) >= 11 is 1.89. The maximum absolute atomic E-state index is 12.9. The van der Waals surface area contributed by atoms with Gasteiger partial charge in [0.05, 0.1) is 6.54 Å². The minimum Gasteiger partial charge on any atom is -0.489 e. The number of aryl methyl sites for hydroxylation is 1. The van der Waals surface area contributed by atoms with Crippen molar-refractivity contribution in [1.29, 1.82) is 0 Å². The Bertz CT molecular complexity index is 1510. The molecule has 0 bridgehead atoms. The number of H-pyrrole nitrogens is 1. The van der Waals surface area contributed by atoms with Gasteiger partial charge in [-0.15, -0.1) is 4.74 Å². The first-order chi connectivity index (χ1) is 18.0. The maximum atomic E-state index is 12.9. The highest BCUT2D eigenvalue weighted by atomic mass is 32.2. The lowest BCUT2D eigenvalue weighted by atomic mass is 9.97. The van der Waals surface area contributed by atoms with E-state index < -0.39 is 11.4 Å². The number of aromatic amines is 1. The van der Waals surface area contributed by atoms with Gasteiger partial charge in [0.25, 0.3) is 5.91 Å². The molecule has 1 aliphatic rings. The van der Waals surface area contributed by atoms with Crippen LogP contribution in [-0.2, 0) is 13.2 Å². The zero-order valence-electron chi connectivity index (χ0n) is 20.4. The summed E-state index contributed by atoms with van der Waals surface area (Å²) in [7, 11) is 0. The van der Waals surface area contributed by atoms with E-state index in [9.17, 15) is 14.4 Å². The van der Waals surface area contributed by atoms with E-state index >= 15 is 0 Å². The van der Waals surface area contributed by atoms with Crippen LogP contribution in [0.25, 0.3) is 11.1 Å². The third kappa shape index (κ3) is 5.89. The van der Waals surface area contributed by atoms with Crippen molar-refractivity contribution in [3.8, 4) is 16.9 Å². The van der Waals surface area contributed by atoms with E-state index in [1.54, 1.807) is 0 Å². The molecule has 4 aromatic rings. The molecule has 0 aliphatic carbocycles. The molecule has 2 heterocycles. The summed E-state index contributed by atoms with van der Waals surface area (Å²) in [5.74, 6) is 2.01. The Balaban J connectivity index is 1.23. The molecule has 1 N–H and O–H groups in total. The SMILES string of the molecule is Cc1cc(C(=O)N2CCSCC2)ccc1-c1cccc(COc2ccc(Cn3oc(=O)[nH]c3=O)cc2)c1. The fraction of sp³-hybridized carbons (Fsp3) is 0.250. The van der Waals surface area contributed by atoms with Gasteiger partial charge in [-0.2, -0.15) is 11.8 Å². The smallest absolute Gasteiger partial charge is 0.440 e. The lowest BCUT2D eigenvalue weighted by Crippen LogP contribution is -2.37. The summed E-state index contributed by atoms with van der Waals surface area (Å²) in [6, 6.07) is 21.4. The number of carbonyl (C=O) groups excluding carboxylic acids is 1. The van der Waals surface area contributed by atoms with Gasteiger partial charge >= 0.3 is 11.4 Å². The first kappa shape index (κ1) is 24.7. The van der Waals surface area contributed by atoms with E-state index in [1.807, 2.05) is 78.2 Å². The second kappa shape index (κ2) is 11.0. The van der Waals surface area contributed by atoms with Gasteiger partial charge < -0.3 is 14.2 Å². The fourth-order valence-corrected chi connectivity index (χ4v) is 5.24. The van der Waals surface area contributed by atoms with Gasteiger partial charge in [0, 0.05) is 30.2 Å². The topological polar surface area (TPSA) is 97.5 Å². The quantitative estimate of drug-likeness (QED) is 0.399. The van der Waals surface area contributed by atoms with E-state index in [0.29, 0.717) is 12.4 Å². The average Bonchev–Trinajstić information content (AvgIpc) is 3.24. The second-order valence-electron chi connectivity index (χ2n) is 8.91. The monoisotopic (exact) mass is 517 g/mol. The number of thioether (sulfide) groups is 1. The molecule has 1 amide bonds. The van der Waals surface area contributed by atoms with E-state index in [2.05, 4.69) is 17.1 Å². The van der Waals surface area contributed by atoms with Crippen molar-refractivity contribution in [1.82, 2.24) is 14.6 Å². The van der Waals surface area contributed by atoms with Crippen molar-refractivity contribution in [2.45, 2.75) is 20.1 Å². The minimum absolute atomic E-state index is 0.104. The highest BCUT2D eigenvalue weighted by Crippen LogP contribution is 2.27. The lowest BCUT2D eigenvalue weighted by Gasteiger charge is -2.26. The predicted molar refractivity (Wildman–Crippen MR) is 143 cm³/mol. The molecular formula is C28H27N3O5S. The van der Waals surface area contributed by atoms with Crippen LogP contribution < -0.4 is 16.2 Å². The molecular weight excluding hydrogens is 490 g/mol. The molecule has 1 fully saturated rings. The summed E-state index contributed by atoms with van der Waals surface area (Å²) in [6.45, 7) is 4.19. The lowest BCUT2D eigenvalue weighted by molar-refractivity contribution is 0.0772. The zero-order chi connectivity index (χ0) is 25.8. The van der Waals surface area contributed by atoms with Gasteiger partial charge in [0.15, 0.2) is 0 Å². The van der Waals surface area contributed by atoms with Gasteiger partial charge in [0.2, 0.25) is 0 Å². The summed E-state index contributed by atoms with van der Waals surface area (Å²) in [5, 5.41) is 0. The van der Waals surface area contributed by atoms with Crippen LogP contribution in [0.3, 0.4) is 0 Å². The van der Waals surface area contributed by atoms with Crippen molar-refractivity contribution in [2.75, 3.05) is 24.6 Å². The zero-order valence-corrected chi connectivity index (χ0v) is 21.3. The Labute approximate surface area is 217 Å². The van der Waals surface area contributed by atoms with Crippen LogP contribution in [0.4, 0.5) is 0 Å². The molecule has 37 heavy (non-hydrogen) atoms. The maximum Gasteiger partial charge on any atom is 0.440 e. The van der Waals surface area contributed by atoms with E-state index in [4.69, 9.17) is 9.26 Å². The first-order valence-corrected chi connectivity index (χ1v) is 13.2. The highest BCUT2D eigenvalue weighted by Gasteiger charge is 2.19. The van der Waals surface area contributed by atoms with Crippen LogP contribution >= 0.6 is 11.8 Å². The van der Waals surface area contributed by atoms with Crippen molar-refractivity contribution in [3.63, 3.8) is 0 Å². The largest absolute Gasteiger partial charge is 0.489 e. The van der Waals surface area contributed by atoms with Gasteiger partial charge in [-0.25, -0.2) is 14.6 Å². The molecule has 0 saturated carbocycles. The van der Waals surface area contributed by atoms with Crippen molar-refractivity contribution >= 4 is 17.7 Å². The van der Waals surface area contributed by atoms with Crippen LogP contribution in [0.1, 0.15) is 27.0 Å². The van der Waals surface area contributed by atoms with Gasteiger partial charge in [-0.05, 0) is 65.1 Å². The molecule has 0 atom stereocenters. The normalized spacial score (nSPS) is 13.5. The molecule has 8 nitrogen and oxygen atoms in total. The van der Waals surface area contributed by atoms with Crippen molar-refractivity contribution < 1.29 is 14.1 Å². The van der Waals surface area contributed by atoms with Crippen molar-refractivity contribution in [2.24, 2.45) is 0 Å². The van der Waals surface area contributed by atoms with Gasteiger partial charge in [0.1, 0.15) is 12.4 Å². The fourth-order valence-electron chi connectivity index (χ4n) is 4.34. The number of carbonyl (C=O) groups is 1. The molecule has 0 spiro atoms. The molecule has 1 aromatic heterocycles. The Hall–Kier alpha value is -3.98. The standard InChI is InChI=1S/C28H27N3O5S/c1-19-15-23(26(32)30-11-13-37-14-12-30)7-10-25(19)22-4-2-3-21(16-22)18-35-24-8-5-20(6-9-24)17-31-27(33)29-28(34)36-31/h2-10,15-16H,11-14,17-18H2,1H3,(H,29,33,34).